The number of carbonyl (C=O) groups is 6. The molecule has 3 saturated heterocycles. The number of rotatable bonds is 12. The smallest absolute Gasteiger partial charge is 0.417 e. The minimum absolute atomic E-state index is 0.159. The van der Waals surface area contributed by atoms with Gasteiger partial charge in [0.15, 0.2) is 0 Å². The fourth-order valence-electron chi connectivity index (χ4n) is 8.67. The van der Waals surface area contributed by atoms with E-state index in [0.717, 1.165) is 27.8 Å². The van der Waals surface area contributed by atoms with E-state index in [2.05, 4.69) is 0 Å². The highest BCUT2D eigenvalue weighted by Gasteiger charge is 2.51. The van der Waals surface area contributed by atoms with Crippen LogP contribution in [0.25, 0.3) is 0 Å². The van der Waals surface area contributed by atoms with E-state index < -0.39 is 30.0 Å². The Bertz CT molecular complexity index is 2400. The van der Waals surface area contributed by atoms with E-state index in [4.69, 9.17) is 14.2 Å². The lowest BCUT2D eigenvalue weighted by atomic mass is 9.89. The van der Waals surface area contributed by atoms with Gasteiger partial charge in [0.25, 0.3) is 0 Å². The summed E-state index contributed by atoms with van der Waals surface area (Å²) in [5, 5.41) is 0. The lowest BCUT2D eigenvalue weighted by molar-refractivity contribution is -0.131. The first-order valence-electron chi connectivity index (χ1n) is 22.5. The van der Waals surface area contributed by atoms with Crippen LogP contribution in [0.5, 0.6) is 0 Å². The van der Waals surface area contributed by atoms with Crippen molar-refractivity contribution in [3.8, 4) is 0 Å². The highest BCUT2D eigenvalue weighted by Crippen LogP contribution is 2.35. The number of ether oxygens (including phenoxy) is 3. The molecule has 0 saturated carbocycles. The summed E-state index contributed by atoms with van der Waals surface area (Å²) in [5.74, 6) is -0.384. The number of aryl methyl sites for hydroxylation is 3. The van der Waals surface area contributed by atoms with Crippen LogP contribution in [0, 0.1) is 5.92 Å². The van der Waals surface area contributed by atoms with Crippen molar-refractivity contribution < 1.29 is 43.0 Å². The zero-order chi connectivity index (χ0) is 47.2. The molecular formula is C54H59N3O9. The topological polar surface area (TPSA) is 140 Å². The molecule has 5 aromatic carbocycles. The molecular weight excluding hydrogens is 835 g/mol. The van der Waals surface area contributed by atoms with Crippen LogP contribution in [-0.2, 0) is 47.9 Å². The summed E-state index contributed by atoms with van der Waals surface area (Å²) in [6.07, 6.45) is 0.759. The molecule has 0 N–H and O–H groups in total. The molecule has 0 unspecified atom stereocenters. The Labute approximate surface area is 387 Å². The van der Waals surface area contributed by atoms with Crippen molar-refractivity contribution in [3.63, 3.8) is 0 Å². The third-order valence-electron chi connectivity index (χ3n) is 11.8. The number of carbonyl (C=O) groups excluding carboxylic acids is 6. The predicted octanol–water partition coefficient (Wildman–Crippen LogP) is 10.5. The molecule has 4 atom stereocenters. The van der Waals surface area contributed by atoms with Gasteiger partial charge in [0.2, 0.25) is 17.7 Å². The molecule has 0 radical (unpaired) electrons. The minimum Gasteiger partial charge on any atom is -0.446 e. The first kappa shape index (κ1) is 48.4. The molecule has 3 aliphatic rings. The lowest BCUT2D eigenvalue weighted by Crippen LogP contribution is -2.48. The Kier molecular flexibility index (Phi) is 16.6. The molecule has 6 amide bonds. The molecule has 0 spiro atoms. The van der Waals surface area contributed by atoms with Gasteiger partial charge in [0, 0.05) is 19.3 Å². The maximum Gasteiger partial charge on any atom is 0.417 e. The van der Waals surface area contributed by atoms with E-state index in [1.807, 2.05) is 186 Å². The first-order chi connectivity index (χ1) is 31.7. The van der Waals surface area contributed by atoms with Gasteiger partial charge in [-0.1, -0.05) is 166 Å². The second-order valence-corrected chi connectivity index (χ2v) is 17.4. The van der Waals surface area contributed by atoms with E-state index >= 15 is 0 Å². The second kappa shape index (κ2) is 22.7. The minimum atomic E-state index is -0.631. The van der Waals surface area contributed by atoms with Crippen molar-refractivity contribution in [3.05, 3.63) is 179 Å². The van der Waals surface area contributed by atoms with Gasteiger partial charge in [-0.25, -0.2) is 29.1 Å². The van der Waals surface area contributed by atoms with Gasteiger partial charge in [-0.2, -0.15) is 0 Å². The lowest BCUT2D eigenvalue weighted by Gasteiger charge is -2.31. The molecule has 0 aromatic heterocycles. The van der Waals surface area contributed by atoms with Gasteiger partial charge in [-0.15, -0.1) is 0 Å². The van der Waals surface area contributed by atoms with Gasteiger partial charge in [-0.05, 0) is 73.8 Å². The third kappa shape index (κ3) is 12.4. The molecule has 3 fully saturated rings. The highest BCUT2D eigenvalue weighted by atomic mass is 16.6. The number of benzene rings is 5. The van der Waals surface area contributed by atoms with Crippen molar-refractivity contribution in [2.75, 3.05) is 6.61 Å². The van der Waals surface area contributed by atoms with E-state index in [-0.39, 0.29) is 48.4 Å². The van der Waals surface area contributed by atoms with Crippen LogP contribution in [0.1, 0.15) is 93.8 Å². The molecule has 12 heteroatoms. The molecule has 8 rings (SSSR count). The summed E-state index contributed by atoms with van der Waals surface area (Å²) in [7, 11) is 0. The van der Waals surface area contributed by atoms with Crippen molar-refractivity contribution in [2.45, 2.75) is 103 Å². The highest BCUT2D eigenvalue weighted by molar-refractivity contribution is 5.95. The van der Waals surface area contributed by atoms with E-state index in [9.17, 15) is 28.8 Å². The molecule has 3 heterocycles. The Morgan fingerprint density at radius 3 is 1.38 bits per heavy atom. The van der Waals surface area contributed by atoms with Gasteiger partial charge in [0.1, 0.15) is 24.4 Å². The van der Waals surface area contributed by atoms with Crippen LogP contribution in [0.2, 0.25) is 0 Å². The van der Waals surface area contributed by atoms with Crippen molar-refractivity contribution in [1.82, 2.24) is 14.7 Å². The zero-order valence-corrected chi connectivity index (χ0v) is 38.3. The van der Waals surface area contributed by atoms with E-state index in [0.29, 0.717) is 38.5 Å². The number of imide groups is 3. The van der Waals surface area contributed by atoms with E-state index in [1.54, 1.807) is 0 Å². The molecule has 344 valence electrons. The number of nitrogens with zero attached hydrogens (tertiary/aromatic N) is 3. The van der Waals surface area contributed by atoms with Gasteiger partial charge in [-0.3, -0.25) is 14.4 Å². The van der Waals surface area contributed by atoms with Crippen molar-refractivity contribution >= 4 is 36.0 Å². The maximum absolute atomic E-state index is 12.5. The predicted molar refractivity (Wildman–Crippen MR) is 250 cm³/mol. The number of amides is 6. The zero-order valence-electron chi connectivity index (χ0n) is 38.3. The monoisotopic (exact) mass is 893 g/mol. The molecule has 0 aliphatic carbocycles. The normalized spacial score (nSPS) is 19.5. The number of hydrogen-bond donors (Lipinski definition) is 0. The molecule has 0 bridgehead atoms. The quantitative estimate of drug-likeness (QED) is 0.112. The van der Waals surface area contributed by atoms with Crippen LogP contribution in [0.15, 0.2) is 152 Å². The van der Waals surface area contributed by atoms with Gasteiger partial charge < -0.3 is 14.2 Å². The summed E-state index contributed by atoms with van der Waals surface area (Å²) < 4.78 is 15.9. The number of cyclic esters (lactones) is 3. The largest absolute Gasteiger partial charge is 0.446 e. The SMILES string of the molecule is CC(C)[C@@H]1N(C(=O)CCc2ccccc2)C(=O)OC1(C)C.C[C@H]1[C@@H](c2ccccc2)OC(=O)N1C(=O)CCc1ccccc1.O=C(CCc1ccccc1)N1C(=O)OC[C@@H]1c1ccccc1. The first-order valence-corrected chi connectivity index (χ1v) is 22.5. The average Bonchev–Trinajstić information content (AvgIpc) is 3.95. The molecule has 3 aliphatic heterocycles. The van der Waals surface area contributed by atoms with E-state index in [1.165, 1.54) is 14.7 Å². The molecule has 5 aromatic rings. The molecule has 12 nitrogen and oxygen atoms in total. The van der Waals surface area contributed by atoms with Gasteiger partial charge in [0.05, 0.1) is 12.1 Å². The van der Waals surface area contributed by atoms with Crippen LogP contribution in [0.4, 0.5) is 14.4 Å². The fraction of sp³-hybridized carbons (Fsp3) is 0.333. The summed E-state index contributed by atoms with van der Waals surface area (Å²) >= 11 is 0. The summed E-state index contributed by atoms with van der Waals surface area (Å²) in [4.78, 5) is 77.2. The van der Waals surface area contributed by atoms with Crippen molar-refractivity contribution in [1.29, 1.82) is 0 Å². The van der Waals surface area contributed by atoms with Crippen LogP contribution in [-0.4, -0.2) is 75.0 Å². The summed E-state index contributed by atoms with van der Waals surface area (Å²) in [6, 6.07) is 47.6. The molecule has 66 heavy (non-hydrogen) atoms. The Hall–Kier alpha value is -7.08. The van der Waals surface area contributed by atoms with Crippen LogP contribution in [0.3, 0.4) is 0 Å². The van der Waals surface area contributed by atoms with Crippen LogP contribution < -0.4 is 0 Å². The second-order valence-electron chi connectivity index (χ2n) is 17.4. The average molecular weight is 894 g/mol. The summed E-state index contributed by atoms with van der Waals surface area (Å²) in [5.41, 5.74) is 4.46. The number of hydrogen-bond acceptors (Lipinski definition) is 9. The Morgan fingerprint density at radius 2 is 0.939 bits per heavy atom. The Balaban J connectivity index is 0.000000164. The standard InChI is InChI=1S/C19H19NO3.C18H17NO3.C17H23NO3/c1-14-18(16-10-6-3-7-11-16)23-19(22)20(14)17(21)13-12-15-8-4-2-5-9-15;20-17(12-11-14-7-3-1-4-8-14)19-16(13-22-18(19)21)15-9-5-2-6-10-15;1-12(2)15-17(3,4)21-16(20)18(15)14(19)11-10-13-8-6-5-7-9-13/h2-11,14,18H,12-13H2,1H3;1-10,16H,11-13H2;5-9,12,15H,10-11H2,1-4H3/t14-,18-;16-;15-/m010/s1. The fourth-order valence-corrected chi connectivity index (χ4v) is 8.67. The van der Waals surface area contributed by atoms with Crippen molar-refractivity contribution in [2.24, 2.45) is 5.92 Å². The Morgan fingerprint density at radius 1 is 0.545 bits per heavy atom. The van der Waals surface area contributed by atoms with Crippen LogP contribution >= 0.6 is 0 Å². The van der Waals surface area contributed by atoms with Gasteiger partial charge >= 0.3 is 18.3 Å². The third-order valence-corrected chi connectivity index (χ3v) is 11.8. The summed E-state index contributed by atoms with van der Waals surface area (Å²) in [6.45, 7) is 9.81. The maximum atomic E-state index is 12.5.